The van der Waals surface area contributed by atoms with E-state index < -0.39 is 0 Å². The molecule has 0 spiro atoms. The van der Waals surface area contributed by atoms with Gasteiger partial charge in [-0.2, -0.15) is 0 Å². The van der Waals surface area contributed by atoms with Crippen molar-refractivity contribution in [1.82, 2.24) is 0 Å². The van der Waals surface area contributed by atoms with E-state index in [2.05, 4.69) is 22.3 Å². The molecule has 0 unspecified atom stereocenters. The maximum atomic E-state index is 14.0. The highest BCUT2D eigenvalue weighted by Crippen LogP contribution is 2.29. The van der Waals surface area contributed by atoms with Gasteiger partial charge in [0.05, 0.1) is 11.4 Å². The topological polar surface area (TPSA) is 15.3 Å². The summed E-state index contributed by atoms with van der Waals surface area (Å²) < 4.78 is 14.0. The molecule has 0 atom stereocenters. The van der Waals surface area contributed by atoms with Crippen LogP contribution in [0.4, 0.5) is 15.8 Å². The fraction of sp³-hybridized carbons (Fsp3) is 0.250. The fourth-order valence-corrected chi connectivity index (χ4v) is 2.69. The first-order chi connectivity index (χ1) is 9.74. The summed E-state index contributed by atoms with van der Waals surface area (Å²) in [6.07, 6.45) is 1.03. The molecule has 1 aliphatic rings. The lowest BCUT2D eigenvalue weighted by Gasteiger charge is -2.24. The highest BCUT2D eigenvalue weighted by Gasteiger charge is 2.16. The van der Waals surface area contributed by atoms with E-state index in [1.807, 2.05) is 12.1 Å². The molecule has 0 radical (unpaired) electrons. The van der Waals surface area contributed by atoms with E-state index in [4.69, 9.17) is 11.6 Å². The zero-order valence-electron chi connectivity index (χ0n) is 11.1. The van der Waals surface area contributed by atoms with Gasteiger partial charge in [-0.1, -0.05) is 29.8 Å². The third kappa shape index (κ3) is 2.73. The third-order valence-electron chi connectivity index (χ3n) is 3.54. The highest BCUT2D eigenvalue weighted by atomic mass is 35.5. The number of nitrogens with one attached hydrogen (secondary N) is 1. The molecule has 1 N–H and O–H groups in total. The van der Waals surface area contributed by atoms with Crippen LogP contribution >= 0.6 is 11.6 Å². The lowest BCUT2D eigenvalue weighted by Crippen LogP contribution is -2.23. The standard InChI is InChI=1S/C16H16ClFN2/c17-13-7-6-12(14(18)10-13)11-20-9-3-8-19-15-4-1-2-5-16(15)20/h1-2,4-7,10,19H,3,8-9,11H2. The second-order valence-electron chi connectivity index (χ2n) is 4.95. The average Bonchev–Trinajstić information content (AvgIpc) is 2.65. The third-order valence-corrected chi connectivity index (χ3v) is 3.78. The van der Waals surface area contributed by atoms with Gasteiger partial charge < -0.3 is 10.2 Å². The Morgan fingerprint density at radius 2 is 2.05 bits per heavy atom. The van der Waals surface area contributed by atoms with E-state index in [0.717, 1.165) is 30.9 Å². The zero-order valence-corrected chi connectivity index (χ0v) is 11.8. The molecule has 0 fully saturated rings. The van der Waals surface area contributed by atoms with Crippen molar-refractivity contribution in [3.8, 4) is 0 Å². The number of fused-ring (bicyclic) bond motifs is 1. The van der Waals surface area contributed by atoms with E-state index in [-0.39, 0.29) is 5.82 Å². The van der Waals surface area contributed by atoms with Crippen LogP contribution in [-0.2, 0) is 6.54 Å². The molecule has 2 aromatic rings. The number of para-hydroxylation sites is 2. The number of benzene rings is 2. The van der Waals surface area contributed by atoms with Crippen molar-refractivity contribution in [3.05, 3.63) is 58.9 Å². The van der Waals surface area contributed by atoms with Crippen molar-refractivity contribution in [3.63, 3.8) is 0 Å². The number of hydrogen-bond acceptors (Lipinski definition) is 2. The fourth-order valence-electron chi connectivity index (χ4n) is 2.53. The molecule has 20 heavy (non-hydrogen) atoms. The molecule has 2 nitrogen and oxygen atoms in total. The predicted molar refractivity (Wildman–Crippen MR) is 82.0 cm³/mol. The first kappa shape index (κ1) is 13.3. The molecule has 1 aliphatic heterocycles. The quantitative estimate of drug-likeness (QED) is 0.887. The molecule has 3 rings (SSSR count). The van der Waals surface area contributed by atoms with Crippen LogP contribution in [0.25, 0.3) is 0 Å². The van der Waals surface area contributed by atoms with Gasteiger partial charge in [0.25, 0.3) is 0 Å². The molecule has 2 aromatic carbocycles. The second-order valence-corrected chi connectivity index (χ2v) is 5.39. The van der Waals surface area contributed by atoms with Crippen LogP contribution in [0.3, 0.4) is 0 Å². The van der Waals surface area contributed by atoms with Crippen LogP contribution in [0.2, 0.25) is 5.02 Å². The van der Waals surface area contributed by atoms with Gasteiger partial charge in [-0.05, 0) is 30.7 Å². The average molecular weight is 291 g/mol. The van der Waals surface area contributed by atoms with Crippen molar-refractivity contribution in [2.75, 3.05) is 23.3 Å². The molecule has 4 heteroatoms. The lowest BCUT2D eigenvalue weighted by atomic mass is 10.1. The number of nitrogens with zero attached hydrogens (tertiary/aromatic N) is 1. The number of anilines is 2. The van der Waals surface area contributed by atoms with E-state index in [1.54, 1.807) is 12.1 Å². The SMILES string of the molecule is Fc1cc(Cl)ccc1CN1CCCNc2ccccc21. The van der Waals surface area contributed by atoms with Gasteiger partial charge in [0.15, 0.2) is 0 Å². The van der Waals surface area contributed by atoms with Gasteiger partial charge in [0, 0.05) is 30.2 Å². The normalized spacial score (nSPS) is 14.4. The highest BCUT2D eigenvalue weighted by molar-refractivity contribution is 6.30. The van der Waals surface area contributed by atoms with Gasteiger partial charge in [-0.15, -0.1) is 0 Å². The monoisotopic (exact) mass is 290 g/mol. The first-order valence-corrected chi connectivity index (χ1v) is 7.13. The molecular formula is C16H16ClFN2. The molecular weight excluding hydrogens is 275 g/mol. The Hall–Kier alpha value is -1.74. The largest absolute Gasteiger partial charge is 0.383 e. The lowest BCUT2D eigenvalue weighted by molar-refractivity contribution is 0.603. The summed E-state index contributed by atoms with van der Waals surface area (Å²) in [5.74, 6) is -0.243. The van der Waals surface area contributed by atoms with Crippen molar-refractivity contribution < 1.29 is 4.39 Å². The van der Waals surface area contributed by atoms with Gasteiger partial charge in [-0.3, -0.25) is 0 Å². The maximum Gasteiger partial charge on any atom is 0.129 e. The van der Waals surface area contributed by atoms with E-state index >= 15 is 0 Å². The molecule has 0 aromatic heterocycles. The zero-order chi connectivity index (χ0) is 13.9. The summed E-state index contributed by atoms with van der Waals surface area (Å²) >= 11 is 5.80. The van der Waals surface area contributed by atoms with E-state index in [0.29, 0.717) is 17.1 Å². The summed E-state index contributed by atoms with van der Waals surface area (Å²) in [4.78, 5) is 2.21. The molecule has 0 saturated heterocycles. The predicted octanol–water partition coefficient (Wildman–Crippen LogP) is 4.30. The van der Waals surface area contributed by atoms with Crippen LogP contribution < -0.4 is 10.2 Å². The van der Waals surface area contributed by atoms with Crippen molar-refractivity contribution >= 4 is 23.0 Å². The summed E-state index contributed by atoms with van der Waals surface area (Å²) in [6, 6.07) is 13.0. The van der Waals surface area contributed by atoms with Crippen molar-refractivity contribution in [2.24, 2.45) is 0 Å². The van der Waals surface area contributed by atoms with E-state index in [9.17, 15) is 4.39 Å². The minimum atomic E-state index is -0.243. The minimum Gasteiger partial charge on any atom is -0.383 e. The Labute approximate surface area is 123 Å². The molecule has 0 bridgehead atoms. The Balaban J connectivity index is 1.90. The Morgan fingerprint density at radius 3 is 2.90 bits per heavy atom. The van der Waals surface area contributed by atoms with Crippen LogP contribution in [0.1, 0.15) is 12.0 Å². The minimum absolute atomic E-state index is 0.243. The Morgan fingerprint density at radius 1 is 1.20 bits per heavy atom. The van der Waals surface area contributed by atoms with Crippen molar-refractivity contribution in [2.45, 2.75) is 13.0 Å². The van der Waals surface area contributed by atoms with Crippen LogP contribution in [0.15, 0.2) is 42.5 Å². The van der Waals surface area contributed by atoms with Gasteiger partial charge >= 0.3 is 0 Å². The number of hydrogen-bond donors (Lipinski definition) is 1. The van der Waals surface area contributed by atoms with Gasteiger partial charge in [0.1, 0.15) is 5.82 Å². The van der Waals surface area contributed by atoms with Crippen LogP contribution in [-0.4, -0.2) is 13.1 Å². The number of halogens is 2. The van der Waals surface area contributed by atoms with Crippen LogP contribution in [0.5, 0.6) is 0 Å². The Kier molecular flexibility index (Phi) is 3.79. The first-order valence-electron chi connectivity index (χ1n) is 6.76. The summed E-state index contributed by atoms with van der Waals surface area (Å²) in [5, 5.41) is 3.84. The smallest absolute Gasteiger partial charge is 0.129 e. The van der Waals surface area contributed by atoms with Crippen molar-refractivity contribution in [1.29, 1.82) is 0 Å². The summed E-state index contributed by atoms with van der Waals surface area (Å²) in [5.41, 5.74) is 2.91. The van der Waals surface area contributed by atoms with E-state index in [1.165, 1.54) is 6.07 Å². The molecule has 0 saturated carbocycles. The second kappa shape index (κ2) is 5.71. The molecule has 0 amide bonds. The van der Waals surface area contributed by atoms with Crippen LogP contribution in [0, 0.1) is 5.82 Å². The number of rotatable bonds is 2. The van der Waals surface area contributed by atoms with Gasteiger partial charge in [-0.25, -0.2) is 4.39 Å². The summed E-state index contributed by atoms with van der Waals surface area (Å²) in [6.45, 7) is 2.41. The molecule has 104 valence electrons. The van der Waals surface area contributed by atoms with Gasteiger partial charge in [0.2, 0.25) is 0 Å². The molecule has 0 aliphatic carbocycles. The summed E-state index contributed by atoms with van der Waals surface area (Å²) in [7, 11) is 0. The maximum absolute atomic E-state index is 14.0. The molecule has 1 heterocycles. The Bertz CT molecular complexity index is 615.